The molecule has 0 radical (unpaired) electrons. The molecule has 0 bridgehead atoms. The Labute approximate surface area is 177 Å². The fraction of sp³-hybridized carbons (Fsp3) is 0.500. The molecule has 2 rings (SSSR count). The molecule has 0 aliphatic heterocycles. The van der Waals surface area contributed by atoms with Crippen molar-refractivity contribution in [3.63, 3.8) is 0 Å². The van der Waals surface area contributed by atoms with Crippen LogP contribution in [-0.4, -0.2) is 35.8 Å². The van der Waals surface area contributed by atoms with Gasteiger partial charge in [-0.3, -0.25) is 4.90 Å². The van der Waals surface area contributed by atoms with Crippen molar-refractivity contribution < 1.29 is 19.1 Å². The minimum absolute atomic E-state index is 0.131. The van der Waals surface area contributed by atoms with Crippen LogP contribution in [-0.2, 0) is 9.47 Å². The van der Waals surface area contributed by atoms with Crippen LogP contribution < -0.4 is 4.90 Å². The molecule has 0 atom stereocenters. The first kappa shape index (κ1) is 24.6. The molecule has 0 aliphatic rings. The molecular weight excluding hydrogens is 388 g/mol. The van der Waals surface area contributed by atoms with Gasteiger partial charge in [0.15, 0.2) is 5.69 Å². The van der Waals surface area contributed by atoms with Crippen molar-refractivity contribution in [3.05, 3.63) is 35.5 Å². The summed E-state index contributed by atoms with van der Waals surface area (Å²) in [6, 6.07) is 7.83. The topological polar surface area (TPSA) is 68.7 Å². The van der Waals surface area contributed by atoms with E-state index in [0.29, 0.717) is 16.6 Å². The normalized spacial score (nSPS) is 10.6. The number of hydrogen-bond donors (Lipinski definition) is 0. The molecule has 6 nitrogen and oxygen atoms in total. The maximum atomic E-state index is 12.7. The van der Waals surface area contributed by atoms with E-state index in [1.807, 2.05) is 52.0 Å². The van der Waals surface area contributed by atoms with Gasteiger partial charge in [0.25, 0.3) is 0 Å². The van der Waals surface area contributed by atoms with Gasteiger partial charge in [-0.2, -0.15) is 0 Å². The summed E-state index contributed by atoms with van der Waals surface area (Å²) in [5.41, 5.74) is 1.46. The predicted octanol–water partition coefficient (Wildman–Crippen LogP) is 6.08. The van der Waals surface area contributed by atoms with E-state index in [1.165, 1.54) is 16.2 Å². The number of nitrogens with zero attached hydrogens (tertiary/aromatic N) is 2. The summed E-state index contributed by atoms with van der Waals surface area (Å²) in [6.45, 7) is 15.5. The first-order chi connectivity index (χ1) is 13.7. The molecule has 1 aromatic heterocycles. The van der Waals surface area contributed by atoms with Gasteiger partial charge in [0, 0.05) is 12.1 Å². The molecule has 0 N–H and O–H groups in total. The number of carbonyl (C=O) groups is 2. The van der Waals surface area contributed by atoms with Crippen molar-refractivity contribution in [2.45, 2.75) is 61.0 Å². The number of aromatic nitrogens is 1. The van der Waals surface area contributed by atoms with Gasteiger partial charge in [-0.05, 0) is 47.6 Å². The van der Waals surface area contributed by atoms with Crippen LogP contribution in [0.1, 0.15) is 64.5 Å². The monoisotopic (exact) mass is 420 g/mol. The molecule has 2 aromatic rings. The zero-order chi connectivity index (χ0) is 22.2. The average Bonchev–Trinajstić information content (AvgIpc) is 3.08. The van der Waals surface area contributed by atoms with Gasteiger partial charge in [0.1, 0.15) is 15.6 Å². The molecule has 0 saturated heterocycles. The largest absolute Gasteiger partial charge is 0.461 e. The van der Waals surface area contributed by atoms with Crippen molar-refractivity contribution in [2.75, 3.05) is 18.1 Å². The van der Waals surface area contributed by atoms with Gasteiger partial charge < -0.3 is 9.47 Å². The number of amides is 1. The van der Waals surface area contributed by atoms with Crippen LogP contribution in [0.15, 0.2) is 24.3 Å². The third-order valence-electron chi connectivity index (χ3n) is 3.52. The van der Waals surface area contributed by atoms with Gasteiger partial charge in [-0.25, -0.2) is 14.6 Å². The Balaban J connectivity index is 0.00000204. The van der Waals surface area contributed by atoms with Gasteiger partial charge in [-0.1, -0.05) is 48.9 Å². The number of benzene rings is 1. The Bertz CT molecular complexity index is 824. The molecule has 0 aliphatic carbocycles. The van der Waals surface area contributed by atoms with Gasteiger partial charge in [0.2, 0.25) is 0 Å². The van der Waals surface area contributed by atoms with Crippen LogP contribution in [0.25, 0.3) is 10.6 Å². The number of hydrogen-bond acceptors (Lipinski definition) is 6. The maximum absolute atomic E-state index is 12.7. The van der Waals surface area contributed by atoms with E-state index in [4.69, 9.17) is 9.47 Å². The summed E-state index contributed by atoms with van der Waals surface area (Å²) < 4.78 is 10.6. The zero-order valence-electron chi connectivity index (χ0n) is 18.7. The number of rotatable bonds is 5. The Kier molecular flexibility index (Phi) is 9.30. The Morgan fingerprint density at radius 1 is 1.17 bits per heavy atom. The van der Waals surface area contributed by atoms with Gasteiger partial charge >= 0.3 is 12.1 Å². The van der Waals surface area contributed by atoms with Crippen LogP contribution >= 0.6 is 11.3 Å². The van der Waals surface area contributed by atoms with E-state index in [-0.39, 0.29) is 12.3 Å². The fourth-order valence-corrected chi connectivity index (χ4v) is 3.51. The maximum Gasteiger partial charge on any atom is 0.415 e. The molecule has 0 saturated carbocycles. The Hall–Kier alpha value is -2.41. The highest BCUT2D eigenvalue weighted by Crippen LogP contribution is 2.36. The second-order valence-electron chi connectivity index (χ2n) is 6.99. The molecule has 0 unspecified atom stereocenters. The van der Waals surface area contributed by atoms with E-state index in [2.05, 4.69) is 4.98 Å². The Morgan fingerprint density at radius 2 is 1.83 bits per heavy atom. The van der Waals surface area contributed by atoms with E-state index in [1.54, 1.807) is 27.7 Å². The molecule has 7 heteroatoms. The summed E-state index contributed by atoms with van der Waals surface area (Å²) in [5.74, 6) is -0.551. The van der Waals surface area contributed by atoms with Gasteiger partial charge in [0.05, 0.1) is 6.61 Å². The van der Waals surface area contributed by atoms with E-state index >= 15 is 0 Å². The summed E-state index contributed by atoms with van der Waals surface area (Å²) in [6.07, 6.45) is -0.519. The first-order valence-electron chi connectivity index (χ1n) is 9.91. The second-order valence-corrected chi connectivity index (χ2v) is 7.96. The van der Waals surface area contributed by atoms with Crippen molar-refractivity contribution in [1.82, 2.24) is 4.98 Å². The minimum Gasteiger partial charge on any atom is -0.461 e. The smallest absolute Gasteiger partial charge is 0.415 e. The molecule has 0 fully saturated rings. The van der Waals surface area contributed by atoms with Crippen LogP contribution in [0.3, 0.4) is 0 Å². The molecule has 29 heavy (non-hydrogen) atoms. The van der Waals surface area contributed by atoms with Crippen LogP contribution in [0, 0.1) is 6.92 Å². The summed E-state index contributed by atoms with van der Waals surface area (Å²) in [4.78, 5) is 31.0. The van der Waals surface area contributed by atoms with Gasteiger partial charge in [-0.15, -0.1) is 0 Å². The average molecular weight is 421 g/mol. The fourth-order valence-electron chi connectivity index (χ4n) is 2.40. The first-order valence-corrected chi connectivity index (χ1v) is 10.7. The van der Waals surface area contributed by atoms with E-state index in [0.717, 1.165) is 11.1 Å². The predicted molar refractivity (Wildman–Crippen MR) is 119 cm³/mol. The van der Waals surface area contributed by atoms with Crippen molar-refractivity contribution in [2.24, 2.45) is 0 Å². The Morgan fingerprint density at radius 3 is 2.34 bits per heavy atom. The highest BCUT2D eigenvalue weighted by molar-refractivity contribution is 7.19. The number of anilines is 1. The third-order valence-corrected chi connectivity index (χ3v) is 4.65. The summed E-state index contributed by atoms with van der Waals surface area (Å²) in [7, 11) is 0. The summed E-state index contributed by atoms with van der Waals surface area (Å²) in [5, 5.41) is 1.08. The number of carbonyl (C=O) groups excluding carboxylic acids is 2. The highest BCUT2D eigenvalue weighted by Gasteiger charge is 2.30. The van der Waals surface area contributed by atoms with Crippen molar-refractivity contribution in [3.8, 4) is 10.6 Å². The van der Waals surface area contributed by atoms with Crippen LogP contribution in [0.5, 0.6) is 0 Å². The third kappa shape index (κ3) is 6.85. The van der Waals surface area contributed by atoms with Crippen LogP contribution in [0.2, 0.25) is 0 Å². The molecule has 1 heterocycles. The number of esters is 1. The minimum atomic E-state index is -0.640. The number of thiazole rings is 1. The lowest BCUT2D eigenvalue weighted by Gasteiger charge is -2.25. The lowest BCUT2D eigenvalue weighted by molar-refractivity contribution is 0.0521. The number of aryl methyl sites for hydroxylation is 1. The second kappa shape index (κ2) is 11.0. The van der Waals surface area contributed by atoms with Crippen molar-refractivity contribution >= 4 is 28.4 Å². The quantitative estimate of drug-likeness (QED) is 0.548. The van der Waals surface area contributed by atoms with Crippen molar-refractivity contribution in [1.29, 1.82) is 0 Å². The SMILES string of the molecule is CC.CCOC(=O)c1nc(-c2cccc(C)c2)sc1N(CC)C(=O)OC(C)(C)C. The standard InChI is InChI=1S/C20H26N2O4S.C2H6/c1-7-22(19(24)26-20(4,5)6)17-15(18(23)25-8-2)21-16(27-17)14-11-9-10-13(3)12-14;1-2/h9-12H,7-8H2,1-6H3;1-2H3. The molecule has 1 amide bonds. The number of ether oxygens (including phenoxy) is 2. The zero-order valence-corrected chi connectivity index (χ0v) is 19.5. The van der Waals surface area contributed by atoms with Crippen LogP contribution in [0.4, 0.5) is 9.80 Å². The van der Waals surface area contributed by atoms with E-state index in [9.17, 15) is 9.59 Å². The molecule has 160 valence electrons. The lowest BCUT2D eigenvalue weighted by atomic mass is 10.1. The highest BCUT2D eigenvalue weighted by atomic mass is 32.1. The molecular formula is C22H32N2O4S. The summed E-state index contributed by atoms with van der Waals surface area (Å²) >= 11 is 1.28. The van der Waals surface area contributed by atoms with E-state index < -0.39 is 17.7 Å². The molecule has 0 spiro atoms. The molecule has 1 aromatic carbocycles. The lowest BCUT2D eigenvalue weighted by Crippen LogP contribution is -2.37.